The van der Waals surface area contributed by atoms with Crippen molar-refractivity contribution in [1.82, 2.24) is 10.6 Å². The van der Waals surface area contributed by atoms with E-state index in [0.717, 1.165) is 51.5 Å². The lowest BCUT2D eigenvalue weighted by atomic mass is 10.0. The summed E-state index contributed by atoms with van der Waals surface area (Å²) in [6.07, 6.45) is 32.1. The van der Waals surface area contributed by atoms with Crippen molar-refractivity contribution in [2.75, 3.05) is 6.54 Å². The Labute approximate surface area is 305 Å². The van der Waals surface area contributed by atoms with Crippen LogP contribution in [0.5, 0.6) is 5.75 Å². The van der Waals surface area contributed by atoms with Gasteiger partial charge in [0.05, 0.1) is 5.56 Å². The van der Waals surface area contributed by atoms with Gasteiger partial charge in [0.15, 0.2) is 0 Å². The molecule has 0 saturated carbocycles. The van der Waals surface area contributed by atoms with Gasteiger partial charge in [-0.1, -0.05) is 85.9 Å². The lowest BCUT2D eigenvalue weighted by Gasteiger charge is -2.17. The molecule has 0 fully saturated rings. The number of allylic oxidation sites excluding steroid dienone is 12. The van der Waals surface area contributed by atoms with E-state index in [1.54, 1.807) is 0 Å². The normalized spacial score (nSPS) is 12.5. The van der Waals surface area contributed by atoms with Gasteiger partial charge in [-0.3, -0.25) is 14.4 Å². The number of benzene rings is 2. The third-order valence-electron chi connectivity index (χ3n) is 7.45. The lowest BCUT2D eigenvalue weighted by Crippen LogP contribution is -2.41. The predicted octanol–water partition coefficient (Wildman–Crippen LogP) is 9.11. The number of carbonyl (C=O) groups is 4. The number of ether oxygens (including phenoxy) is 1. The number of amides is 2. The van der Waals surface area contributed by atoms with Gasteiger partial charge in [0.25, 0.3) is 5.91 Å². The highest BCUT2D eigenvalue weighted by atomic mass is 19.1. The Hall–Kier alpha value is -5.38. The Morgan fingerprint density at radius 2 is 1.37 bits per heavy atom. The van der Waals surface area contributed by atoms with Gasteiger partial charge < -0.3 is 20.5 Å². The Morgan fingerprint density at radius 3 is 1.90 bits per heavy atom. The van der Waals surface area contributed by atoms with Crippen LogP contribution in [0.4, 0.5) is 8.78 Å². The molecule has 10 heteroatoms. The molecule has 3 N–H and O–H groups in total. The minimum Gasteiger partial charge on any atom is -0.480 e. The van der Waals surface area contributed by atoms with Crippen molar-refractivity contribution in [3.05, 3.63) is 127 Å². The van der Waals surface area contributed by atoms with Crippen molar-refractivity contribution in [3.8, 4) is 16.9 Å². The van der Waals surface area contributed by atoms with Crippen LogP contribution in [-0.2, 0) is 14.4 Å². The number of aliphatic carboxylic acids is 1. The van der Waals surface area contributed by atoms with Crippen LogP contribution in [-0.4, -0.2) is 41.4 Å². The van der Waals surface area contributed by atoms with Crippen molar-refractivity contribution < 1.29 is 37.8 Å². The van der Waals surface area contributed by atoms with Gasteiger partial charge in [0.1, 0.15) is 23.4 Å². The molecule has 2 aromatic rings. The summed E-state index contributed by atoms with van der Waals surface area (Å²) in [7, 11) is 0. The molecule has 0 aromatic heterocycles. The van der Waals surface area contributed by atoms with E-state index in [-0.39, 0.29) is 54.2 Å². The zero-order valence-electron chi connectivity index (χ0n) is 30.0. The van der Waals surface area contributed by atoms with E-state index in [2.05, 4.69) is 78.3 Å². The average molecular weight is 717 g/mol. The molecule has 0 radical (unpaired) electrons. The van der Waals surface area contributed by atoms with E-state index >= 15 is 0 Å². The van der Waals surface area contributed by atoms with Gasteiger partial charge in [-0.25, -0.2) is 13.6 Å². The monoisotopic (exact) mass is 716 g/mol. The number of rotatable bonds is 23. The maximum atomic E-state index is 14.4. The molecule has 0 spiro atoms. The Bertz CT molecular complexity index is 1640. The summed E-state index contributed by atoms with van der Waals surface area (Å²) >= 11 is 0. The zero-order chi connectivity index (χ0) is 38.0. The molecule has 1 atom stereocenters. The second-order valence-electron chi connectivity index (χ2n) is 11.7. The van der Waals surface area contributed by atoms with E-state index in [1.807, 2.05) is 12.2 Å². The summed E-state index contributed by atoms with van der Waals surface area (Å²) < 4.78 is 32.9. The van der Waals surface area contributed by atoms with E-state index in [0.29, 0.717) is 12.5 Å². The molecule has 0 aliphatic rings. The smallest absolute Gasteiger partial charge is 0.326 e. The van der Waals surface area contributed by atoms with Gasteiger partial charge in [-0.2, -0.15) is 0 Å². The third kappa shape index (κ3) is 18.0. The van der Waals surface area contributed by atoms with Gasteiger partial charge >= 0.3 is 11.9 Å². The highest BCUT2D eigenvalue weighted by Gasteiger charge is 2.24. The molecule has 1 unspecified atom stereocenters. The first-order valence-electron chi connectivity index (χ1n) is 17.6. The zero-order valence-corrected chi connectivity index (χ0v) is 30.0. The van der Waals surface area contributed by atoms with Crippen LogP contribution in [0.15, 0.2) is 109 Å². The molecule has 0 bridgehead atoms. The summed E-state index contributed by atoms with van der Waals surface area (Å²) in [6, 6.07) is 5.54. The van der Waals surface area contributed by atoms with Crippen LogP contribution < -0.4 is 15.4 Å². The number of hydrogen-bond acceptors (Lipinski definition) is 5. The Kier molecular flexibility index (Phi) is 21.0. The molecular formula is C42H50F2N2O6. The Balaban J connectivity index is 1.71. The van der Waals surface area contributed by atoms with Crippen molar-refractivity contribution in [2.24, 2.45) is 0 Å². The lowest BCUT2D eigenvalue weighted by molar-refractivity contribution is -0.139. The average Bonchev–Trinajstić information content (AvgIpc) is 3.10. The molecule has 2 aromatic carbocycles. The van der Waals surface area contributed by atoms with Gasteiger partial charge in [0.2, 0.25) is 5.91 Å². The van der Waals surface area contributed by atoms with Crippen LogP contribution in [0, 0.1) is 11.6 Å². The van der Waals surface area contributed by atoms with Crippen molar-refractivity contribution in [1.29, 1.82) is 0 Å². The van der Waals surface area contributed by atoms with Crippen LogP contribution >= 0.6 is 0 Å². The molecule has 2 amide bonds. The summed E-state index contributed by atoms with van der Waals surface area (Å²) in [5.41, 5.74) is -0.0151. The van der Waals surface area contributed by atoms with Crippen LogP contribution in [0.25, 0.3) is 11.1 Å². The minimum absolute atomic E-state index is 0.00355. The standard InChI is InChI=1S/C42H50F2N2O6/c1-3-4-5-6-7-8-9-10-11-12-13-14-15-16-17-18-19-20-21-24-40(48)45-29-22-23-38(42(50)51)46-41(49)36-30-33(25-28-39(36)52-32(2)47)35-27-26-34(43)31-37(35)44/h4-5,7-8,10-11,13-14,16-17,19-20,25-28,30-31,38H,3,6,9,12,15,18,21-24,29H2,1-2H3,(H,45,48)(H,46,49)(H,50,51). The number of carboxylic acids is 1. The first-order valence-corrected chi connectivity index (χ1v) is 17.6. The number of halogens is 2. The molecule has 278 valence electrons. The van der Waals surface area contributed by atoms with Gasteiger partial charge in [-0.05, 0) is 87.6 Å². The first kappa shape index (κ1) is 42.8. The second kappa shape index (κ2) is 25.6. The van der Waals surface area contributed by atoms with Crippen LogP contribution in [0.3, 0.4) is 0 Å². The van der Waals surface area contributed by atoms with Crippen LogP contribution in [0.1, 0.15) is 88.4 Å². The van der Waals surface area contributed by atoms with E-state index in [9.17, 15) is 33.1 Å². The van der Waals surface area contributed by atoms with E-state index in [1.165, 1.54) is 24.3 Å². The quantitative estimate of drug-likeness (QED) is 0.0457. The summed E-state index contributed by atoms with van der Waals surface area (Å²) in [4.78, 5) is 48.9. The molecule has 0 saturated heterocycles. The Morgan fingerprint density at radius 1 is 0.788 bits per heavy atom. The number of carbonyl (C=O) groups excluding carboxylic acids is 3. The van der Waals surface area contributed by atoms with E-state index < -0.39 is 35.5 Å². The minimum atomic E-state index is -1.32. The highest BCUT2D eigenvalue weighted by Crippen LogP contribution is 2.29. The summed E-state index contributed by atoms with van der Waals surface area (Å²) in [5.74, 6) is -4.86. The topological polar surface area (TPSA) is 122 Å². The maximum Gasteiger partial charge on any atom is 0.326 e. The fraction of sp³-hybridized carbons (Fsp3) is 0.333. The molecule has 0 aliphatic heterocycles. The van der Waals surface area contributed by atoms with Crippen molar-refractivity contribution in [2.45, 2.75) is 84.1 Å². The number of hydrogen-bond donors (Lipinski definition) is 3. The molecule has 8 nitrogen and oxygen atoms in total. The SMILES string of the molecule is CCC=CCC=CCC=CCC=CCC=CCC=CCCC(=O)NCCCC(NC(=O)c1cc(-c2ccc(F)cc2F)ccc1OC(C)=O)C(=O)O. The molecule has 2 rings (SSSR count). The maximum absolute atomic E-state index is 14.4. The largest absolute Gasteiger partial charge is 0.480 e. The molecular weight excluding hydrogens is 666 g/mol. The highest BCUT2D eigenvalue weighted by molar-refractivity contribution is 6.00. The van der Waals surface area contributed by atoms with E-state index in [4.69, 9.17) is 4.74 Å². The molecule has 0 aliphatic carbocycles. The fourth-order valence-corrected chi connectivity index (χ4v) is 4.81. The third-order valence-corrected chi connectivity index (χ3v) is 7.45. The van der Waals surface area contributed by atoms with Crippen molar-refractivity contribution >= 4 is 23.8 Å². The molecule has 0 heterocycles. The second-order valence-corrected chi connectivity index (χ2v) is 11.7. The molecule has 52 heavy (non-hydrogen) atoms. The summed E-state index contributed by atoms with van der Waals surface area (Å²) in [6.45, 7) is 3.47. The first-order chi connectivity index (χ1) is 25.1. The fourth-order valence-electron chi connectivity index (χ4n) is 4.81. The number of esters is 1. The van der Waals surface area contributed by atoms with Crippen molar-refractivity contribution in [3.63, 3.8) is 0 Å². The predicted molar refractivity (Wildman–Crippen MR) is 202 cm³/mol. The van der Waals surface area contributed by atoms with Gasteiger partial charge in [-0.15, -0.1) is 0 Å². The number of carboxylic acid groups (broad SMARTS) is 1. The summed E-state index contributed by atoms with van der Waals surface area (Å²) in [5, 5.41) is 14.9. The van der Waals surface area contributed by atoms with Gasteiger partial charge in [0, 0.05) is 31.5 Å². The number of nitrogens with one attached hydrogen (secondary N) is 2. The van der Waals surface area contributed by atoms with Crippen LogP contribution in [0.2, 0.25) is 0 Å².